The van der Waals surface area contributed by atoms with Crippen LogP contribution in [0.2, 0.25) is 5.15 Å². The molecule has 2 aromatic rings. The lowest BCUT2D eigenvalue weighted by Crippen LogP contribution is -2.23. The van der Waals surface area contributed by atoms with Gasteiger partial charge >= 0.3 is 5.70 Å². The molecule has 0 atom stereocenters. The van der Waals surface area contributed by atoms with Crippen molar-refractivity contribution in [3.8, 4) is 0 Å². The van der Waals surface area contributed by atoms with Crippen molar-refractivity contribution in [2.24, 2.45) is 0 Å². The number of hydrogen-bond acceptors (Lipinski definition) is 5. The fourth-order valence-electron chi connectivity index (χ4n) is 2.83. The molecule has 0 spiro atoms. The minimum Gasteiger partial charge on any atom is -0.364 e. The van der Waals surface area contributed by atoms with Crippen LogP contribution >= 0.6 is 11.6 Å². The molecule has 1 aliphatic rings. The number of nitrogens with zero attached hydrogens (tertiary/aromatic N) is 3. The minimum absolute atomic E-state index is 0.0488. The zero-order chi connectivity index (χ0) is 18.5. The van der Waals surface area contributed by atoms with Gasteiger partial charge in [-0.15, -0.1) is 0 Å². The average Bonchev–Trinajstić information content (AvgIpc) is 3.06. The van der Waals surface area contributed by atoms with E-state index in [1.807, 2.05) is 42.2 Å². The Bertz CT molecular complexity index is 862. The van der Waals surface area contributed by atoms with Crippen molar-refractivity contribution < 1.29 is 4.92 Å². The molecule has 0 saturated carbocycles. The highest BCUT2D eigenvalue weighted by molar-refractivity contribution is 6.29. The van der Waals surface area contributed by atoms with Crippen molar-refractivity contribution >= 4 is 17.7 Å². The Kier molecular flexibility index (Phi) is 5.53. The van der Waals surface area contributed by atoms with E-state index in [2.05, 4.69) is 10.3 Å². The molecular weight excluding hydrogens is 352 g/mol. The van der Waals surface area contributed by atoms with Crippen LogP contribution in [0.5, 0.6) is 0 Å². The van der Waals surface area contributed by atoms with Gasteiger partial charge in [0.25, 0.3) is 0 Å². The number of nitrogens with one attached hydrogen (secondary N) is 1. The first-order chi connectivity index (χ1) is 12.5. The number of allylic oxidation sites excluding steroid dienone is 1. The summed E-state index contributed by atoms with van der Waals surface area (Å²) in [5.41, 5.74) is 3.02. The van der Waals surface area contributed by atoms with Crippen molar-refractivity contribution in [2.75, 3.05) is 13.1 Å². The zero-order valence-corrected chi connectivity index (χ0v) is 15.1. The molecule has 0 radical (unpaired) electrons. The van der Waals surface area contributed by atoms with Gasteiger partial charge in [-0.3, -0.25) is 10.1 Å². The second-order valence-corrected chi connectivity index (χ2v) is 6.41. The molecule has 1 aromatic carbocycles. The molecule has 1 aliphatic heterocycles. The van der Waals surface area contributed by atoms with Crippen LogP contribution in [0.1, 0.15) is 16.7 Å². The lowest BCUT2D eigenvalue weighted by Gasteiger charge is -2.18. The highest BCUT2D eigenvalue weighted by Crippen LogP contribution is 2.19. The third-order valence-corrected chi connectivity index (χ3v) is 4.42. The minimum atomic E-state index is -0.352. The maximum absolute atomic E-state index is 11.6. The van der Waals surface area contributed by atoms with Crippen molar-refractivity contribution in [1.29, 1.82) is 0 Å². The lowest BCUT2D eigenvalue weighted by molar-refractivity contribution is -0.421. The van der Waals surface area contributed by atoms with Crippen LogP contribution < -0.4 is 5.32 Å². The Balaban J connectivity index is 1.88. The number of aryl methyl sites for hydroxylation is 1. The van der Waals surface area contributed by atoms with Gasteiger partial charge in [-0.1, -0.05) is 41.9 Å². The third kappa shape index (κ3) is 4.21. The molecule has 1 aromatic heterocycles. The molecule has 2 heterocycles. The van der Waals surface area contributed by atoms with E-state index in [1.165, 1.54) is 0 Å². The van der Waals surface area contributed by atoms with Crippen LogP contribution in [0.15, 0.2) is 60.2 Å². The van der Waals surface area contributed by atoms with Gasteiger partial charge in [0.2, 0.25) is 0 Å². The Morgan fingerprint density at radius 1 is 1.38 bits per heavy atom. The van der Waals surface area contributed by atoms with Crippen LogP contribution in [-0.2, 0) is 6.54 Å². The van der Waals surface area contributed by atoms with E-state index in [9.17, 15) is 10.1 Å². The van der Waals surface area contributed by atoms with Gasteiger partial charge in [-0.25, -0.2) is 4.98 Å². The van der Waals surface area contributed by atoms with Crippen molar-refractivity contribution in [3.05, 3.63) is 92.1 Å². The van der Waals surface area contributed by atoms with E-state index in [0.717, 1.165) is 16.7 Å². The van der Waals surface area contributed by atoms with Gasteiger partial charge in [0, 0.05) is 31.9 Å². The summed E-state index contributed by atoms with van der Waals surface area (Å²) in [6, 6.07) is 11.4. The Labute approximate surface area is 157 Å². The standard InChI is InChI=1S/C19H19ClN4O2/c1-14-4-2-3-5-16(14)7-8-17(24(25)26)19-21-10-11-23(19)13-15-6-9-18(20)22-12-15/h2-9,12,21H,10-11,13H2,1H3/b8-7+,19-17+. The summed E-state index contributed by atoms with van der Waals surface area (Å²) >= 11 is 5.82. The molecule has 0 aliphatic carbocycles. The van der Waals surface area contributed by atoms with E-state index in [-0.39, 0.29) is 10.6 Å². The summed E-state index contributed by atoms with van der Waals surface area (Å²) in [7, 11) is 0. The molecule has 3 rings (SSSR count). The molecule has 134 valence electrons. The molecule has 0 unspecified atom stereocenters. The fraction of sp³-hybridized carbons (Fsp3) is 0.211. The normalized spacial score (nSPS) is 16.0. The number of benzene rings is 1. The molecular formula is C19H19ClN4O2. The molecule has 0 bridgehead atoms. The first-order valence-electron chi connectivity index (χ1n) is 8.26. The van der Waals surface area contributed by atoms with Crippen LogP contribution in [0.3, 0.4) is 0 Å². The zero-order valence-electron chi connectivity index (χ0n) is 14.4. The number of halogens is 1. The lowest BCUT2D eigenvalue weighted by atomic mass is 10.1. The number of aromatic nitrogens is 1. The number of rotatable bonds is 5. The highest BCUT2D eigenvalue weighted by Gasteiger charge is 2.26. The Morgan fingerprint density at radius 3 is 2.88 bits per heavy atom. The SMILES string of the molecule is Cc1ccccc1/C=C/C(=C1/NCCN1Cc1ccc(Cl)nc1)[N+](=O)[O-]. The van der Waals surface area contributed by atoms with Gasteiger partial charge in [-0.05, 0) is 35.8 Å². The summed E-state index contributed by atoms with van der Waals surface area (Å²) in [5.74, 6) is 0.523. The summed E-state index contributed by atoms with van der Waals surface area (Å²) in [5, 5.41) is 15.2. The van der Waals surface area contributed by atoms with E-state index >= 15 is 0 Å². The summed E-state index contributed by atoms with van der Waals surface area (Å²) in [6.45, 7) is 3.85. The highest BCUT2D eigenvalue weighted by atomic mass is 35.5. The van der Waals surface area contributed by atoms with Crippen molar-refractivity contribution in [3.63, 3.8) is 0 Å². The molecule has 26 heavy (non-hydrogen) atoms. The average molecular weight is 371 g/mol. The molecule has 0 amide bonds. The molecule has 1 saturated heterocycles. The second-order valence-electron chi connectivity index (χ2n) is 6.02. The molecule has 7 heteroatoms. The number of hydrogen-bond donors (Lipinski definition) is 1. The van der Waals surface area contributed by atoms with E-state index in [0.29, 0.717) is 30.6 Å². The van der Waals surface area contributed by atoms with E-state index < -0.39 is 0 Å². The maximum Gasteiger partial charge on any atom is 0.309 e. The fourth-order valence-corrected chi connectivity index (χ4v) is 2.94. The monoisotopic (exact) mass is 370 g/mol. The predicted molar refractivity (Wildman–Crippen MR) is 102 cm³/mol. The summed E-state index contributed by atoms with van der Waals surface area (Å²) in [6.07, 6.45) is 5.03. The Hall–Kier alpha value is -2.86. The first kappa shape index (κ1) is 17.9. The van der Waals surface area contributed by atoms with Gasteiger partial charge in [0.1, 0.15) is 5.15 Å². The van der Waals surface area contributed by atoms with Crippen molar-refractivity contribution in [1.82, 2.24) is 15.2 Å². The second kappa shape index (κ2) is 8.01. The molecule has 6 nitrogen and oxygen atoms in total. The molecule has 1 N–H and O–H groups in total. The van der Waals surface area contributed by atoms with Crippen LogP contribution in [0, 0.1) is 17.0 Å². The maximum atomic E-state index is 11.6. The van der Waals surface area contributed by atoms with Crippen LogP contribution in [-0.4, -0.2) is 27.9 Å². The largest absolute Gasteiger partial charge is 0.364 e. The number of nitro groups is 1. The number of pyridine rings is 1. The smallest absolute Gasteiger partial charge is 0.309 e. The van der Waals surface area contributed by atoms with E-state index in [1.54, 1.807) is 24.4 Å². The van der Waals surface area contributed by atoms with Gasteiger partial charge < -0.3 is 10.2 Å². The van der Waals surface area contributed by atoms with Gasteiger partial charge in [-0.2, -0.15) is 0 Å². The van der Waals surface area contributed by atoms with Gasteiger partial charge in [0.15, 0.2) is 5.82 Å². The first-order valence-corrected chi connectivity index (χ1v) is 8.64. The third-order valence-electron chi connectivity index (χ3n) is 4.20. The topological polar surface area (TPSA) is 71.3 Å². The molecule has 1 fully saturated rings. The van der Waals surface area contributed by atoms with Crippen LogP contribution in [0.25, 0.3) is 6.08 Å². The Morgan fingerprint density at radius 2 is 2.19 bits per heavy atom. The quantitative estimate of drug-likeness (QED) is 0.494. The summed E-state index contributed by atoms with van der Waals surface area (Å²) in [4.78, 5) is 17.3. The van der Waals surface area contributed by atoms with E-state index in [4.69, 9.17) is 11.6 Å². The van der Waals surface area contributed by atoms with Crippen LogP contribution in [0.4, 0.5) is 0 Å². The van der Waals surface area contributed by atoms with Gasteiger partial charge in [0.05, 0.1) is 4.92 Å². The predicted octanol–water partition coefficient (Wildman–Crippen LogP) is 3.61. The summed E-state index contributed by atoms with van der Waals surface area (Å²) < 4.78 is 0. The van der Waals surface area contributed by atoms with Crippen molar-refractivity contribution in [2.45, 2.75) is 13.5 Å².